The van der Waals surface area contributed by atoms with Crippen molar-refractivity contribution < 1.29 is 9.47 Å². The summed E-state index contributed by atoms with van der Waals surface area (Å²) in [4.78, 5) is 1.24. The van der Waals surface area contributed by atoms with E-state index in [1.54, 1.807) is 0 Å². The summed E-state index contributed by atoms with van der Waals surface area (Å²) in [5, 5.41) is 4.00. The molecule has 3 nitrogen and oxygen atoms in total. The molecule has 1 unspecified atom stereocenters. The van der Waals surface area contributed by atoms with Gasteiger partial charge in [-0.2, -0.15) is 0 Å². The van der Waals surface area contributed by atoms with Crippen LogP contribution in [0.15, 0.2) is 23.1 Å². The largest absolute Gasteiger partial charge is 0.486 e. The van der Waals surface area contributed by atoms with Gasteiger partial charge in [-0.25, -0.2) is 0 Å². The number of benzene rings is 1. The minimum atomic E-state index is 0.555. The molecular formula is C14H21NO2S. The maximum Gasteiger partial charge on any atom is 0.162 e. The van der Waals surface area contributed by atoms with Gasteiger partial charge in [-0.1, -0.05) is 13.8 Å². The summed E-state index contributed by atoms with van der Waals surface area (Å²) >= 11 is 1.87. The van der Waals surface area contributed by atoms with Crippen molar-refractivity contribution in [2.24, 2.45) is 0 Å². The Hall–Kier alpha value is -0.870. The first-order valence-electron chi connectivity index (χ1n) is 6.56. The van der Waals surface area contributed by atoms with Gasteiger partial charge in [0.05, 0.1) is 0 Å². The molecule has 0 amide bonds. The summed E-state index contributed by atoms with van der Waals surface area (Å²) in [5.41, 5.74) is 0. The lowest BCUT2D eigenvalue weighted by Crippen LogP contribution is -2.23. The third-order valence-electron chi connectivity index (χ3n) is 2.71. The van der Waals surface area contributed by atoms with Gasteiger partial charge >= 0.3 is 0 Å². The van der Waals surface area contributed by atoms with Gasteiger partial charge < -0.3 is 14.8 Å². The summed E-state index contributed by atoms with van der Waals surface area (Å²) in [5.74, 6) is 1.74. The van der Waals surface area contributed by atoms with Crippen LogP contribution in [0, 0.1) is 0 Å². The van der Waals surface area contributed by atoms with E-state index in [0.29, 0.717) is 18.5 Å². The number of ether oxygens (including phenoxy) is 2. The van der Waals surface area contributed by atoms with Crippen molar-refractivity contribution in [1.82, 2.24) is 5.32 Å². The Balaban J connectivity index is 1.89. The molecule has 0 bridgehead atoms. The molecule has 1 atom stereocenters. The molecule has 100 valence electrons. The standard InChI is InChI=1S/C14H21NO2S/c1-3-6-15-10-11(2)18-12-4-5-13-14(9-12)17-8-7-16-13/h4-5,9,11,15H,3,6-8,10H2,1-2H3. The second kappa shape index (κ2) is 6.90. The molecule has 18 heavy (non-hydrogen) atoms. The zero-order valence-electron chi connectivity index (χ0n) is 11.1. The van der Waals surface area contributed by atoms with Gasteiger partial charge in [-0.15, -0.1) is 11.8 Å². The Kier molecular flexibility index (Phi) is 5.20. The van der Waals surface area contributed by atoms with Crippen LogP contribution >= 0.6 is 11.8 Å². The predicted octanol–water partition coefficient (Wildman–Crippen LogP) is 2.94. The van der Waals surface area contributed by atoms with Crippen LogP contribution in [0.4, 0.5) is 0 Å². The molecule has 1 aliphatic rings. The molecule has 0 saturated carbocycles. The molecule has 0 aliphatic carbocycles. The molecule has 1 heterocycles. The van der Waals surface area contributed by atoms with E-state index >= 15 is 0 Å². The average Bonchev–Trinajstić information content (AvgIpc) is 2.39. The minimum absolute atomic E-state index is 0.555. The second-order valence-corrected chi connectivity index (χ2v) is 5.95. The van der Waals surface area contributed by atoms with E-state index in [-0.39, 0.29) is 0 Å². The molecule has 1 aromatic rings. The van der Waals surface area contributed by atoms with Crippen LogP contribution in [-0.4, -0.2) is 31.6 Å². The maximum atomic E-state index is 5.59. The minimum Gasteiger partial charge on any atom is -0.486 e. The van der Waals surface area contributed by atoms with Crippen LogP contribution in [0.2, 0.25) is 0 Å². The van der Waals surface area contributed by atoms with Crippen molar-refractivity contribution in [3.8, 4) is 11.5 Å². The van der Waals surface area contributed by atoms with Gasteiger partial charge in [0, 0.05) is 16.7 Å². The molecule has 1 N–H and O–H groups in total. The Bertz CT molecular complexity index is 384. The third kappa shape index (κ3) is 3.82. The fourth-order valence-electron chi connectivity index (χ4n) is 1.85. The van der Waals surface area contributed by atoms with E-state index < -0.39 is 0 Å². The summed E-state index contributed by atoms with van der Waals surface area (Å²) in [6.45, 7) is 7.85. The molecule has 0 spiro atoms. The highest BCUT2D eigenvalue weighted by atomic mass is 32.2. The number of fused-ring (bicyclic) bond motifs is 1. The van der Waals surface area contributed by atoms with Gasteiger partial charge in [0.1, 0.15) is 13.2 Å². The highest BCUT2D eigenvalue weighted by Crippen LogP contribution is 2.35. The molecule has 2 rings (SSSR count). The van der Waals surface area contributed by atoms with Crippen LogP contribution < -0.4 is 14.8 Å². The Morgan fingerprint density at radius 2 is 2.06 bits per heavy atom. The number of hydrogen-bond acceptors (Lipinski definition) is 4. The summed E-state index contributed by atoms with van der Waals surface area (Å²) in [6.07, 6.45) is 1.18. The van der Waals surface area contributed by atoms with Crippen molar-refractivity contribution in [3.63, 3.8) is 0 Å². The number of hydrogen-bond donors (Lipinski definition) is 1. The first kappa shape index (κ1) is 13.6. The molecule has 0 fully saturated rings. The van der Waals surface area contributed by atoms with Gasteiger partial charge in [0.25, 0.3) is 0 Å². The van der Waals surface area contributed by atoms with Crippen LogP contribution in [0.5, 0.6) is 11.5 Å². The van der Waals surface area contributed by atoms with E-state index in [1.807, 2.05) is 17.8 Å². The fourth-order valence-corrected chi connectivity index (χ4v) is 2.84. The van der Waals surface area contributed by atoms with E-state index in [1.165, 1.54) is 11.3 Å². The lowest BCUT2D eigenvalue weighted by molar-refractivity contribution is 0.171. The number of thioether (sulfide) groups is 1. The smallest absolute Gasteiger partial charge is 0.162 e. The topological polar surface area (TPSA) is 30.5 Å². The molecule has 4 heteroatoms. The first-order chi connectivity index (χ1) is 8.79. The SMILES string of the molecule is CCCNCC(C)Sc1ccc2c(c1)OCCO2. The molecule has 1 aromatic carbocycles. The summed E-state index contributed by atoms with van der Waals surface area (Å²) < 4.78 is 11.1. The normalized spacial score (nSPS) is 15.4. The highest BCUT2D eigenvalue weighted by Gasteiger charge is 2.13. The number of nitrogens with one attached hydrogen (secondary N) is 1. The van der Waals surface area contributed by atoms with Gasteiger partial charge in [-0.05, 0) is 31.2 Å². The maximum absolute atomic E-state index is 5.59. The monoisotopic (exact) mass is 267 g/mol. The van der Waals surface area contributed by atoms with Gasteiger partial charge in [0.15, 0.2) is 11.5 Å². The van der Waals surface area contributed by atoms with Gasteiger partial charge in [0.2, 0.25) is 0 Å². The lowest BCUT2D eigenvalue weighted by Gasteiger charge is -2.19. The van der Waals surface area contributed by atoms with Crippen LogP contribution in [0.1, 0.15) is 20.3 Å². The Labute approximate surface area is 113 Å². The van der Waals surface area contributed by atoms with Crippen molar-refractivity contribution in [1.29, 1.82) is 0 Å². The van der Waals surface area contributed by atoms with E-state index in [2.05, 4.69) is 31.3 Å². The van der Waals surface area contributed by atoms with Crippen molar-refractivity contribution in [2.45, 2.75) is 30.4 Å². The zero-order valence-corrected chi connectivity index (χ0v) is 11.9. The lowest BCUT2D eigenvalue weighted by atomic mass is 10.3. The highest BCUT2D eigenvalue weighted by molar-refractivity contribution is 8.00. The zero-order chi connectivity index (χ0) is 12.8. The quantitative estimate of drug-likeness (QED) is 0.634. The molecular weight excluding hydrogens is 246 g/mol. The predicted molar refractivity (Wildman–Crippen MR) is 75.9 cm³/mol. The van der Waals surface area contributed by atoms with Crippen molar-refractivity contribution in [3.05, 3.63) is 18.2 Å². The van der Waals surface area contributed by atoms with Crippen LogP contribution in [0.25, 0.3) is 0 Å². The average molecular weight is 267 g/mol. The summed E-state index contributed by atoms with van der Waals surface area (Å²) in [7, 11) is 0. The fraction of sp³-hybridized carbons (Fsp3) is 0.571. The number of rotatable bonds is 6. The Morgan fingerprint density at radius 1 is 1.28 bits per heavy atom. The molecule has 0 radical (unpaired) electrons. The van der Waals surface area contributed by atoms with Crippen LogP contribution in [0.3, 0.4) is 0 Å². The third-order valence-corrected chi connectivity index (χ3v) is 3.80. The van der Waals surface area contributed by atoms with E-state index in [4.69, 9.17) is 9.47 Å². The van der Waals surface area contributed by atoms with Crippen molar-refractivity contribution in [2.75, 3.05) is 26.3 Å². The Morgan fingerprint density at radius 3 is 2.83 bits per heavy atom. The van der Waals surface area contributed by atoms with Gasteiger partial charge in [-0.3, -0.25) is 0 Å². The molecule has 1 aliphatic heterocycles. The van der Waals surface area contributed by atoms with E-state index in [9.17, 15) is 0 Å². The van der Waals surface area contributed by atoms with Crippen LogP contribution in [-0.2, 0) is 0 Å². The van der Waals surface area contributed by atoms with Crippen molar-refractivity contribution >= 4 is 11.8 Å². The van der Waals surface area contributed by atoms with E-state index in [0.717, 1.165) is 24.6 Å². The first-order valence-corrected chi connectivity index (χ1v) is 7.44. The molecule has 0 aromatic heterocycles. The molecule has 0 saturated heterocycles. The second-order valence-electron chi connectivity index (χ2n) is 4.44. The summed E-state index contributed by atoms with van der Waals surface area (Å²) in [6, 6.07) is 6.19.